The molecule has 0 aliphatic carbocycles. The highest BCUT2D eigenvalue weighted by atomic mass is 35.5. The summed E-state index contributed by atoms with van der Waals surface area (Å²) in [6.07, 6.45) is 0.844. The average Bonchev–Trinajstić information content (AvgIpc) is 3.62. The van der Waals surface area contributed by atoms with E-state index in [2.05, 4.69) is 10.2 Å². The van der Waals surface area contributed by atoms with E-state index in [4.69, 9.17) is 16.0 Å². The number of nitrogens with zero attached hydrogens (tertiary/aromatic N) is 3. The van der Waals surface area contributed by atoms with E-state index in [9.17, 15) is 14.7 Å². The van der Waals surface area contributed by atoms with Gasteiger partial charge in [-0.05, 0) is 54.3 Å². The molecule has 0 saturated carbocycles. The summed E-state index contributed by atoms with van der Waals surface area (Å²) in [6.45, 7) is 3.77. The third kappa shape index (κ3) is 5.07. The molecule has 37 heavy (non-hydrogen) atoms. The Hall–Kier alpha value is -3.40. The number of anilines is 1. The second-order valence-electron chi connectivity index (χ2n) is 8.44. The van der Waals surface area contributed by atoms with Gasteiger partial charge in [-0.3, -0.25) is 14.5 Å². The SMILES string of the molecule is CCc1ccc(C2C(C(=O)c3ccc(C)o3)=C(O)C(=O)N2c2nnc(SCc3ccc(Cl)cc3)s2)cc1. The summed E-state index contributed by atoms with van der Waals surface area (Å²) in [6, 6.07) is 17.5. The van der Waals surface area contributed by atoms with E-state index < -0.39 is 23.5 Å². The first-order valence-electron chi connectivity index (χ1n) is 11.5. The predicted octanol–water partition coefficient (Wildman–Crippen LogP) is 6.73. The number of thioether (sulfide) groups is 1. The number of hydrogen-bond donors (Lipinski definition) is 1. The fourth-order valence-electron chi connectivity index (χ4n) is 4.06. The molecule has 1 atom stereocenters. The van der Waals surface area contributed by atoms with E-state index in [0.717, 1.165) is 17.5 Å². The zero-order valence-electron chi connectivity index (χ0n) is 20.0. The quantitative estimate of drug-likeness (QED) is 0.147. The Morgan fingerprint density at radius 2 is 1.78 bits per heavy atom. The normalized spacial score (nSPS) is 15.6. The maximum Gasteiger partial charge on any atom is 0.296 e. The van der Waals surface area contributed by atoms with E-state index in [1.54, 1.807) is 19.1 Å². The highest BCUT2D eigenvalue weighted by molar-refractivity contribution is 8.00. The minimum Gasteiger partial charge on any atom is -0.503 e. The summed E-state index contributed by atoms with van der Waals surface area (Å²) in [5.41, 5.74) is 2.80. The molecule has 1 unspecified atom stereocenters. The second-order valence-corrected chi connectivity index (χ2v) is 11.1. The Bertz CT molecular complexity index is 1490. The fourth-order valence-corrected chi connectivity index (χ4v) is 6.01. The van der Waals surface area contributed by atoms with Crippen LogP contribution in [0.2, 0.25) is 5.02 Å². The number of amides is 1. The summed E-state index contributed by atoms with van der Waals surface area (Å²) < 4.78 is 6.18. The van der Waals surface area contributed by atoms with Crippen molar-refractivity contribution in [1.82, 2.24) is 10.2 Å². The molecule has 1 amide bonds. The number of halogens is 1. The molecule has 5 rings (SSSR count). The first-order valence-corrected chi connectivity index (χ1v) is 13.7. The zero-order chi connectivity index (χ0) is 26.1. The van der Waals surface area contributed by atoms with Crippen molar-refractivity contribution in [3.05, 3.63) is 105 Å². The van der Waals surface area contributed by atoms with Gasteiger partial charge < -0.3 is 9.52 Å². The number of furan rings is 1. The number of Topliss-reactive ketones (excluding diaryl/α,β-unsaturated/α-hetero) is 1. The van der Waals surface area contributed by atoms with Crippen LogP contribution in [0, 0.1) is 6.92 Å². The number of aliphatic hydroxyl groups excluding tert-OH is 1. The van der Waals surface area contributed by atoms with Gasteiger partial charge in [-0.1, -0.05) is 78.0 Å². The third-order valence-corrected chi connectivity index (χ3v) is 8.38. The molecule has 4 aromatic rings. The molecule has 0 saturated heterocycles. The lowest BCUT2D eigenvalue weighted by Gasteiger charge is -2.24. The zero-order valence-corrected chi connectivity index (χ0v) is 22.4. The van der Waals surface area contributed by atoms with Gasteiger partial charge in [-0.15, -0.1) is 10.2 Å². The van der Waals surface area contributed by atoms with Crippen molar-refractivity contribution in [2.45, 2.75) is 36.4 Å². The molecule has 2 aromatic carbocycles. The lowest BCUT2D eigenvalue weighted by Crippen LogP contribution is -2.31. The Morgan fingerprint density at radius 1 is 1.08 bits per heavy atom. The predicted molar refractivity (Wildman–Crippen MR) is 144 cm³/mol. The van der Waals surface area contributed by atoms with Crippen LogP contribution in [0.15, 0.2) is 80.8 Å². The van der Waals surface area contributed by atoms with Crippen LogP contribution in [-0.4, -0.2) is 27.0 Å². The summed E-state index contributed by atoms with van der Waals surface area (Å²) in [5.74, 6) is -0.615. The standard InChI is InChI=1S/C27H22ClN3O4S2/c1-3-16-5-9-18(10-6-16)22-21(23(32)20-13-4-15(2)35-20)24(33)25(34)31(22)26-29-30-27(37-26)36-14-17-7-11-19(28)12-8-17/h4-13,22,33H,3,14H2,1-2H3. The molecule has 3 heterocycles. The smallest absolute Gasteiger partial charge is 0.296 e. The van der Waals surface area contributed by atoms with Crippen LogP contribution in [0.5, 0.6) is 0 Å². The number of aryl methyl sites for hydroxylation is 2. The van der Waals surface area contributed by atoms with Gasteiger partial charge in [0.25, 0.3) is 5.91 Å². The molecule has 1 aliphatic rings. The molecule has 1 N–H and O–H groups in total. The lowest BCUT2D eigenvalue weighted by atomic mass is 9.94. The summed E-state index contributed by atoms with van der Waals surface area (Å²) >= 11 is 8.67. The molecule has 0 bridgehead atoms. The van der Waals surface area contributed by atoms with Gasteiger partial charge in [0.15, 0.2) is 15.9 Å². The van der Waals surface area contributed by atoms with Crippen LogP contribution >= 0.6 is 34.7 Å². The van der Waals surface area contributed by atoms with Gasteiger partial charge in [0.1, 0.15) is 5.76 Å². The number of aliphatic hydroxyl groups is 1. The first kappa shape index (κ1) is 25.3. The molecular formula is C27H22ClN3O4S2. The summed E-state index contributed by atoms with van der Waals surface area (Å²) in [7, 11) is 0. The highest BCUT2D eigenvalue weighted by Gasteiger charge is 2.46. The Kier molecular flexibility index (Phi) is 7.19. The van der Waals surface area contributed by atoms with Gasteiger partial charge >= 0.3 is 0 Å². The van der Waals surface area contributed by atoms with Crippen molar-refractivity contribution in [3.8, 4) is 0 Å². The lowest BCUT2D eigenvalue weighted by molar-refractivity contribution is -0.117. The maximum absolute atomic E-state index is 13.5. The molecule has 0 radical (unpaired) electrons. The molecule has 188 valence electrons. The third-order valence-electron chi connectivity index (χ3n) is 6.00. The second kappa shape index (κ2) is 10.5. The molecule has 10 heteroatoms. The van der Waals surface area contributed by atoms with E-state index in [0.29, 0.717) is 26.4 Å². The van der Waals surface area contributed by atoms with Gasteiger partial charge in [0.05, 0.1) is 11.6 Å². The van der Waals surface area contributed by atoms with E-state index in [1.807, 2.05) is 55.5 Å². The monoisotopic (exact) mass is 551 g/mol. The van der Waals surface area contributed by atoms with Crippen LogP contribution < -0.4 is 4.90 Å². The van der Waals surface area contributed by atoms with Crippen LogP contribution in [0.25, 0.3) is 0 Å². The van der Waals surface area contributed by atoms with Crippen molar-refractivity contribution in [2.75, 3.05) is 4.90 Å². The molecule has 0 fully saturated rings. The number of rotatable bonds is 8. The van der Waals surface area contributed by atoms with E-state index in [1.165, 1.54) is 28.0 Å². The van der Waals surface area contributed by atoms with Crippen molar-refractivity contribution < 1.29 is 19.1 Å². The number of carbonyl (C=O) groups excluding carboxylic acids is 2. The largest absolute Gasteiger partial charge is 0.503 e. The maximum atomic E-state index is 13.5. The number of aromatic nitrogens is 2. The van der Waals surface area contributed by atoms with Gasteiger partial charge in [0.2, 0.25) is 10.9 Å². The van der Waals surface area contributed by atoms with Crippen molar-refractivity contribution in [2.24, 2.45) is 0 Å². The van der Waals surface area contributed by atoms with Crippen LogP contribution in [0.4, 0.5) is 5.13 Å². The summed E-state index contributed by atoms with van der Waals surface area (Å²) in [4.78, 5) is 28.1. The van der Waals surface area contributed by atoms with Crippen molar-refractivity contribution >= 4 is 51.5 Å². The Labute approximate surface area is 226 Å². The number of benzene rings is 2. The van der Waals surface area contributed by atoms with Gasteiger partial charge in [0, 0.05) is 10.8 Å². The van der Waals surface area contributed by atoms with Crippen LogP contribution in [0.1, 0.15) is 46.0 Å². The van der Waals surface area contributed by atoms with Crippen LogP contribution in [-0.2, 0) is 17.0 Å². The van der Waals surface area contributed by atoms with Gasteiger partial charge in [-0.2, -0.15) is 0 Å². The molecular weight excluding hydrogens is 530 g/mol. The number of ketones is 1. The highest BCUT2D eigenvalue weighted by Crippen LogP contribution is 2.44. The number of hydrogen-bond acceptors (Lipinski definition) is 8. The van der Waals surface area contributed by atoms with E-state index in [-0.39, 0.29) is 16.5 Å². The number of carbonyl (C=O) groups is 2. The molecule has 7 nitrogen and oxygen atoms in total. The molecule has 2 aromatic heterocycles. The summed E-state index contributed by atoms with van der Waals surface area (Å²) in [5, 5.41) is 20.4. The fraction of sp³-hybridized carbons (Fsp3) is 0.185. The average molecular weight is 552 g/mol. The van der Waals surface area contributed by atoms with Crippen molar-refractivity contribution in [1.29, 1.82) is 0 Å². The Balaban J connectivity index is 1.49. The molecule has 1 aliphatic heterocycles. The topological polar surface area (TPSA) is 96.5 Å². The Morgan fingerprint density at radius 3 is 2.43 bits per heavy atom. The molecule has 0 spiro atoms. The minimum absolute atomic E-state index is 0.0471. The minimum atomic E-state index is -0.877. The van der Waals surface area contributed by atoms with Crippen molar-refractivity contribution in [3.63, 3.8) is 0 Å². The van der Waals surface area contributed by atoms with Crippen LogP contribution in [0.3, 0.4) is 0 Å². The van der Waals surface area contributed by atoms with E-state index >= 15 is 0 Å². The van der Waals surface area contributed by atoms with Gasteiger partial charge in [-0.25, -0.2) is 0 Å². The first-order chi connectivity index (χ1) is 17.9.